The summed E-state index contributed by atoms with van der Waals surface area (Å²) in [6.45, 7) is 8.34. The summed E-state index contributed by atoms with van der Waals surface area (Å²) in [5.74, 6) is -0.270. The van der Waals surface area contributed by atoms with Gasteiger partial charge in [-0.2, -0.15) is 0 Å². The van der Waals surface area contributed by atoms with E-state index >= 15 is 0 Å². The lowest BCUT2D eigenvalue weighted by molar-refractivity contribution is -0.119. The first-order valence-electron chi connectivity index (χ1n) is 15.4. The maximum Gasteiger partial charge on any atom is 0.261 e. The van der Waals surface area contributed by atoms with E-state index in [-0.39, 0.29) is 17.4 Å². The zero-order valence-electron chi connectivity index (χ0n) is 25.2. The molecule has 0 fully saturated rings. The number of carbonyl (C=O) groups is 1. The van der Waals surface area contributed by atoms with E-state index in [2.05, 4.69) is 86.8 Å². The van der Waals surface area contributed by atoms with Crippen molar-refractivity contribution >= 4 is 24.6 Å². The van der Waals surface area contributed by atoms with Crippen molar-refractivity contribution in [1.82, 2.24) is 5.32 Å². The third kappa shape index (κ3) is 9.35. The monoisotopic (exact) mass is 581 g/mol. The minimum absolute atomic E-state index is 0.0141. The number of hydrogen-bond acceptors (Lipinski definition) is 5. The quantitative estimate of drug-likeness (QED) is 0.172. The van der Waals surface area contributed by atoms with Crippen molar-refractivity contribution in [2.45, 2.75) is 108 Å². The first-order chi connectivity index (χ1) is 19.7. The van der Waals surface area contributed by atoms with Crippen molar-refractivity contribution in [3.05, 3.63) is 72.3 Å². The maximum absolute atomic E-state index is 12.2. The van der Waals surface area contributed by atoms with Crippen molar-refractivity contribution in [2.75, 3.05) is 13.2 Å². The summed E-state index contributed by atoms with van der Waals surface area (Å²) in [6, 6.07) is 21.7. The van der Waals surface area contributed by atoms with Crippen LogP contribution in [0.25, 0.3) is 0 Å². The van der Waals surface area contributed by atoms with E-state index in [9.17, 15) is 20.1 Å². The third-order valence-electron chi connectivity index (χ3n) is 8.18. The van der Waals surface area contributed by atoms with Gasteiger partial charge in [-0.1, -0.05) is 126 Å². The predicted molar refractivity (Wildman–Crippen MR) is 169 cm³/mol. The van der Waals surface area contributed by atoms with Crippen molar-refractivity contribution in [3.63, 3.8) is 0 Å². The fraction of sp³-hybridized carbons (Fsp3) is 0.559. The van der Waals surface area contributed by atoms with Crippen LogP contribution < -0.4 is 15.7 Å². The van der Waals surface area contributed by atoms with Gasteiger partial charge in [0.1, 0.15) is 12.2 Å². The van der Waals surface area contributed by atoms with Gasteiger partial charge in [0.25, 0.3) is 8.32 Å². The van der Waals surface area contributed by atoms with Crippen molar-refractivity contribution in [3.8, 4) is 0 Å². The molecule has 226 valence electrons. The number of aliphatic hydroxyl groups is 3. The lowest BCUT2D eigenvalue weighted by atomic mass is 9.92. The number of amides is 1. The molecule has 6 nitrogen and oxygen atoms in total. The van der Waals surface area contributed by atoms with Crippen molar-refractivity contribution in [1.29, 1.82) is 0 Å². The summed E-state index contributed by atoms with van der Waals surface area (Å²) in [6.07, 6.45) is 8.15. The highest BCUT2D eigenvalue weighted by Gasteiger charge is 2.49. The number of aliphatic hydroxyl groups excluding tert-OH is 3. The molecule has 7 heteroatoms. The molecule has 3 atom stereocenters. The van der Waals surface area contributed by atoms with E-state index in [1.807, 2.05) is 0 Å². The van der Waals surface area contributed by atoms with Crippen LogP contribution in [0.3, 0.4) is 0 Å². The molecule has 2 aromatic carbocycles. The number of hydrogen-bond donors (Lipinski definition) is 4. The molecule has 0 saturated heterocycles. The molecule has 0 spiro atoms. The minimum Gasteiger partial charge on any atom is -0.407 e. The van der Waals surface area contributed by atoms with E-state index in [1.54, 1.807) is 0 Å². The minimum atomic E-state index is -2.43. The maximum atomic E-state index is 12.2. The third-order valence-corrected chi connectivity index (χ3v) is 13.2. The highest BCUT2D eigenvalue weighted by molar-refractivity contribution is 6.99. The highest BCUT2D eigenvalue weighted by atomic mass is 28.4. The first-order valence-corrected chi connectivity index (χ1v) is 17.4. The first kappa shape index (κ1) is 33.2. The van der Waals surface area contributed by atoms with Crippen LogP contribution in [0, 0.1) is 0 Å². The number of nitrogens with one attached hydrogen (secondary N) is 1. The lowest BCUT2D eigenvalue weighted by Gasteiger charge is -2.43. The van der Waals surface area contributed by atoms with Crippen LogP contribution in [-0.4, -0.2) is 61.0 Å². The predicted octanol–water partition coefficient (Wildman–Crippen LogP) is 4.60. The average molecular weight is 582 g/mol. The van der Waals surface area contributed by atoms with E-state index in [1.165, 1.54) is 48.6 Å². The summed E-state index contributed by atoms with van der Waals surface area (Å²) < 4.78 is 6.99. The zero-order valence-corrected chi connectivity index (χ0v) is 26.2. The summed E-state index contributed by atoms with van der Waals surface area (Å²) in [5, 5.41) is 34.6. The molecule has 3 unspecified atom stereocenters. The van der Waals surface area contributed by atoms with Gasteiger partial charge >= 0.3 is 0 Å². The molecule has 3 rings (SSSR count). The Kier molecular flexibility index (Phi) is 13.3. The Balaban J connectivity index is 1.30. The lowest BCUT2D eigenvalue weighted by Crippen LogP contribution is -2.66. The highest BCUT2D eigenvalue weighted by Crippen LogP contribution is 2.36. The molecule has 0 heterocycles. The Morgan fingerprint density at radius 1 is 0.805 bits per heavy atom. The van der Waals surface area contributed by atoms with E-state index in [4.69, 9.17) is 4.43 Å². The Morgan fingerprint density at radius 2 is 1.29 bits per heavy atom. The Hall–Kier alpha value is -2.29. The molecule has 1 aliphatic carbocycles. The molecule has 4 N–H and O–H groups in total. The van der Waals surface area contributed by atoms with Gasteiger partial charge in [-0.15, -0.1) is 0 Å². The molecule has 0 saturated carbocycles. The Morgan fingerprint density at radius 3 is 1.78 bits per heavy atom. The summed E-state index contributed by atoms with van der Waals surface area (Å²) in [5.41, 5.74) is 0.340. The average Bonchev–Trinajstić information content (AvgIpc) is 2.96. The molecule has 0 aliphatic heterocycles. The SMILES string of the molecule is CC(C)(C)[Si](OCCCCCCCCCCCNC(=O)C1=CC(O)C(O)C(O)C1)(c1ccccc1)c1ccccc1. The van der Waals surface area contributed by atoms with E-state index < -0.39 is 26.6 Å². The summed E-state index contributed by atoms with van der Waals surface area (Å²) in [7, 11) is -2.43. The van der Waals surface area contributed by atoms with Gasteiger partial charge in [-0.25, -0.2) is 0 Å². The molecule has 0 aromatic heterocycles. The summed E-state index contributed by atoms with van der Waals surface area (Å²) in [4.78, 5) is 12.2. The van der Waals surface area contributed by atoms with Crippen LogP contribution >= 0.6 is 0 Å². The largest absolute Gasteiger partial charge is 0.407 e. The molecule has 41 heavy (non-hydrogen) atoms. The van der Waals surface area contributed by atoms with E-state index in [0.717, 1.165) is 32.3 Å². The van der Waals surface area contributed by atoms with Gasteiger partial charge < -0.3 is 25.1 Å². The van der Waals surface area contributed by atoms with Crippen LogP contribution in [0.1, 0.15) is 85.0 Å². The molecule has 2 aromatic rings. The normalized spacial score (nSPS) is 19.6. The molecule has 1 amide bonds. The van der Waals surface area contributed by atoms with Crippen LogP contribution in [-0.2, 0) is 9.22 Å². The standard InChI is InChI=1S/C34H51NO5Si/c1-34(2,3)41(28-19-13-11-14-20-28,29-21-15-12-16-22-29)40-24-18-10-8-6-4-5-7-9-17-23-35-33(39)27-25-30(36)32(38)31(37)26-27/h11-16,19-22,25,30-32,36-38H,4-10,17-18,23-24,26H2,1-3H3,(H,35,39). The number of unbranched alkanes of at least 4 members (excludes halogenated alkanes) is 8. The van der Waals surface area contributed by atoms with Crippen LogP contribution in [0.2, 0.25) is 5.04 Å². The van der Waals surface area contributed by atoms with Crippen LogP contribution in [0.4, 0.5) is 0 Å². The van der Waals surface area contributed by atoms with Gasteiger partial charge in [0.2, 0.25) is 5.91 Å². The zero-order chi connectivity index (χ0) is 29.7. The number of carbonyl (C=O) groups excluding carboxylic acids is 1. The molecular weight excluding hydrogens is 530 g/mol. The number of rotatable bonds is 16. The smallest absolute Gasteiger partial charge is 0.261 e. The second-order valence-corrected chi connectivity index (χ2v) is 16.7. The van der Waals surface area contributed by atoms with Crippen molar-refractivity contribution in [2.24, 2.45) is 0 Å². The van der Waals surface area contributed by atoms with Gasteiger partial charge in [-0.05, 0) is 34.3 Å². The summed E-state index contributed by atoms with van der Waals surface area (Å²) >= 11 is 0. The van der Waals surface area contributed by atoms with Gasteiger partial charge in [0.05, 0.1) is 6.10 Å². The topological polar surface area (TPSA) is 99.0 Å². The second-order valence-electron chi connectivity index (χ2n) is 12.4. The fourth-order valence-corrected chi connectivity index (χ4v) is 10.5. The Bertz CT molecular complexity index is 1030. The van der Waals surface area contributed by atoms with Crippen LogP contribution in [0.5, 0.6) is 0 Å². The number of benzene rings is 2. The fourth-order valence-electron chi connectivity index (χ4n) is 5.88. The molecule has 0 radical (unpaired) electrons. The molecule has 1 aliphatic rings. The van der Waals surface area contributed by atoms with E-state index in [0.29, 0.717) is 12.1 Å². The van der Waals surface area contributed by atoms with Crippen LogP contribution in [0.15, 0.2) is 72.3 Å². The Labute approximate surface area is 248 Å². The molecular formula is C34H51NO5Si. The van der Waals surface area contributed by atoms with Gasteiger partial charge in [0, 0.05) is 25.1 Å². The molecule has 0 bridgehead atoms. The van der Waals surface area contributed by atoms with Crippen molar-refractivity contribution < 1.29 is 24.5 Å². The van der Waals surface area contributed by atoms with Gasteiger partial charge in [-0.3, -0.25) is 4.79 Å². The second kappa shape index (κ2) is 16.4. The van der Waals surface area contributed by atoms with Gasteiger partial charge in [0.15, 0.2) is 0 Å².